The highest BCUT2D eigenvalue weighted by molar-refractivity contribution is 5.85. The first-order valence-electron chi connectivity index (χ1n) is 16.7. The highest BCUT2D eigenvalue weighted by Crippen LogP contribution is 2.55. The van der Waals surface area contributed by atoms with Crippen molar-refractivity contribution in [3.63, 3.8) is 0 Å². The van der Waals surface area contributed by atoms with E-state index >= 15 is 0 Å². The molecule has 8 bridgehead atoms. The second-order valence-electron chi connectivity index (χ2n) is 15.1. The maximum Gasteiger partial charge on any atom is 0.313 e. The van der Waals surface area contributed by atoms with Gasteiger partial charge in [0.15, 0.2) is 0 Å². The second kappa shape index (κ2) is 10.8. The third-order valence-electron chi connectivity index (χ3n) is 12.6. The minimum Gasteiger partial charge on any atom is -0.465 e. The van der Waals surface area contributed by atoms with Gasteiger partial charge in [0.2, 0.25) is 0 Å². The van der Waals surface area contributed by atoms with Gasteiger partial charge in [-0.3, -0.25) is 24.0 Å². The summed E-state index contributed by atoms with van der Waals surface area (Å²) < 4.78 is 25.1. The predicted molar refractivity (Wildman–Crippen MR) is 145 cm³/mol. The number of cyclic esters (lactones) is 2. The molecule has 12 fully saturated rings. The minimum absolute atomic E-state index is 0.0926. The largest absolute Gasteiger partial charge is 0.465 e. The van der Waals surface area contributed by atoms with E-state index in [1.54, 1.807) is 0 Å². The van der Waals surface area contributed by atoms with Crippen LogP contribution in [0.3, 0.4) is 0 Å². The van der Waals surface area contributed by atoms with Gasteiger partial charge in [-0.1, -0.05) is 0 Å². The molecule has 0 aromatic carbocycles. The molecule has 10 nitrogen and oxygen atoms in total. The summed E-state index contributed by atoms with van der Waals surface area (Å²) in [6, 6.07) is 0. The number of fused-ring (bicyclic) bond motifs is 8. The number of hydrogen-bond donors (Lipinski definition) is 0. The SMILES string of the molecule is O=C1CC2C(=O)OCC2O1.O=C1OC2CC3CC(C2)CC1C3.O=C1OC2CC3CC1C2C3.O=C1OCC2C3CCC(C3)C12. The average Bonchev–Trinajstić information content (AvgIpc) is 3.82. The van der Waals surface area contributed by atoms with Crippen molar-refractivity contribution < 1.29 is 47.7 Å². The van der Waals surface area contributed by atoms with Crippen molar-refractivity contribution in [1.82, 2.24) is 0 Å². The molecule has 6 aliphatic carbocycles. The normalized spacial score (nSPS) is 49.3. The van der Waals surface area contributed by atoms with Crippen LogP contribution in [0.15, 0.2) is 0 Å². The third-order valence-corrected chi connectivity index (χ3v) is 12.6. The van der Waals surface area contributed by atoms with Crippen molar-refractivity contribution >= 4 is 29.8 Å². The standard InChI is InChI=1S/C10H14O2.C9H12O2.C8H10O2.C6H6O4/c11-10-8-2-6-1-7(3-8)5-9(4-6)12-10;10-9-8-6-2-1-5(3-6)7(8)4-11-9;9-8-6-2-4-1-5(6)7(3-4)10-8;7-5-1-3-4(10-5)2-9-6(3)8/h6-9H,1-5H2;5-8H,1-4H2;4-7H,1-3H2;3-4H,1-2H2. The summed E-state index contributed by atoms with van der Waals surface area (Å²) in [5, 5.41) is 0. The molecule has 12 atom stereocenters. The van der Waals surface area contributed by atoms with Gasteiger partial charge in [-0.25, -0.2) is 0 Å². The molecule has 12 rings (SSSR count). The van der Waals surface area contributed by atoms with E-state index in [1.807, 2.05) is 0 Å². The average molecular weight is 599 g/mol. The Labute approximate surface area is 251 Å². The van der Waals surface area contributed by atoms with Crippen molar-refractivity contribution in [2.75, 3.05) is 13.2 Å². The lowest BCUT2D eigenvalue weighted by atomic mass is 9.68. The number of carbonyl (C=O) groups excluding carboxylic acids is 5. The number of hydrogen-bond acceptors (Lipinski definition) is 10. The molecule has 12 unspecified atom stereocenters. The van der Waals surface area contributed by atoms with Crippen LogP contribution in [0.2, 0.25) is 0 Å². The molecule has 234 valence electrons. The van der Waals surface area contributed by atoms with Gasteiger partial charge in [0.1, 0.15) is 30.8 Å². The number of esters is 5. The van der Waals surface area contributed by atoms with Crippen LogP contribution in [0, 0.1) is 65.1 Å². The van der Waals surface area contributed by atoms with Gasteiger partial charge in [0.25, 0.3) is 0 Å². The number of carbonyl (C=O) groups is 5. The lowest BCUT2D eigenvalue weighted by Crippen LogP contribution is -2.29. The molecule has 6 saturated carbocycles. The highest BCUT2D eigenvalue weighted by Gasteiger charge is 2.57. The van der Waals surface area contributed by atoms with Crippen molar-refractivity contribution in [2.45, 2.75) is 95.4 Å². The van der Waals surface area contributed by atoms with E-state index in [0.29, 0.717) is 35.7 Å². The Bertz CT molecular complexity index is 1180. The Morgan fingerprint density at radius 3 is 1.95 bits per heavy atom. The van der Waals surface area contributed by atoms with Crippen LogP contribution in [-0.4, -0.2) is 61.4 Å². The predicted octanol–water partition coefficient (Wildman–Crippen LogP) is 3.38. The van der Waals surface area contributed by atoms with E-state index in [0.717, 1.165) is 68.8 Å². The Kier molecular flexibility index (Phi) is 6.97. The maximum atomic E-state index is 11.4. The van der Waals surface area contributed by atoms with Crippen LogP contribution in [0.1, 0.15) is 77.0 Å². The molecular weight excluding hydrogens is 556 g/mol. The van der Waals surface area contributed by atoms with E-state index < -0.39 is 0 Å². The first-order valence-corrected chi connectivity index (χ1v) is 16.7. The molecule has 0 radical (unpaired) electrons. The summed E-state index contributed by atoms with van der Waals surface area (Å²) in [4.78, 5) is 55.1. The lowest BCUT2D eigenvalue weighted by molar-refractivity contribution is -0.151. The van der Waals surface area contributed by atoms with Crippen LogP contribution >= 0.6 is 0 Å². The van der Waals surface area contributed by atoms with Crippen LogP contribution in [0.25, 0.3) is 0 Å². The maximum absolute atomic E-state index is 11.4. The molecule has 6 heterocycles. The van der Waals surface area contributed by atoms with Crippen molar-refractivity contribution in [3.8, 4) is 0 Å². The molecular formula is C33H42O10. The van der Waals surface area contributed by atoms with Crippen molar-refractivity contribution in [3.05, 3.63) is 0 Å². The monoisotopic (exact) mass is 598 g/mol. The molecule has 43 heavy (non-hydrogen) atoms. The lowest BCUT2D eigenvalue weighted by Gasteiger charge is -2.35. The minimum atomic E-state index is -0.313. The summed E-state index contributed by atoms with van der Waals surface area (Å²) in [6.07, 6.45) is 13.9. The summed E-state index contributed by atoms with van der Waals surface area (Å²) in [7, 11) is 0. The van der Waals surface area contributed by atoms with Crippen molar-refractivity contribution in [1.29, 1.82) is 0 Å². The second-order valence-corrected chi connectivity index (χ2v) is 15.1. The fourth-order valence-corrected chi connectivity index (χ4v) is 10.8. The fourth-order valence-electron chi connectivity index (χ4n) is 10.8. The van der Waals surface area contributed by atoms with Crippen molar-refractivity contribution in [2.24, 2.45) is 65.1 Å². The van der Waals surface area contributed by atoms with E-state index in [1.165, 1.54) is 32.1 Å². The fraction of sp³-hybridized carbons (Fsp3) is 0.848. The van der Waals surface area contributed by atoms with Gasteiger partial charge >= 0.3 is 29.8 Å². The summed E-state index contributed by atoms with van der Waals surface area (Å²) in [6.45, 7) is 0.972. The van der Waals surface area contributed by atoms with E-state index in [4.69, 9.17) is 18.9 Å². The summed E-state index contributed by atoms with van der Waals surface area (Å²) in [5.41, 5.74) is 0. The van der Waals surface area contributed by atoms with Gasteiger partial charge in [-0.15, -0.1) is 0 Å². The molecule has 0 N–H and O–H groups in total. The Hall–Kier alpha value is -2.65. The summed E-state index contributed by atoms with van der Waals surface area (Å²) >= 11 is 0. The first kappa shape index (κ1) is 27.9. The molecule has 0 amide bonds. The topological polar surface area (TPSA) is 132 Å². The number of ether oxygens (including phenoxy) is 5. The zero-order chi connectivity index (χ0) is 29.4. The molecule has 10 heteroatoms. The van der Waals surface area contributed by atoms with Crippen LogP contribution < -0.4 is 0 Å². The van der Waals surface area contributed by atoms with Crippen LogP contribution in [0.5, 0.6) is 0 Å². The Morgan fingerprint density at radius 1 is 0.512 bits per heavy atom. The quantitative estimate of drug-likeness (QED) is 0.302. The molecule has 12 aliphatic rings. The first-order chi connectivity index (χ1) is 20.8. The highest BCUT2D eigenvalue weighted by atomic mass is 16.6. The summed E-state index contributed by atoms with van der Waals surface area (Å²) in [5.74, 6) is 5.48. The Morgan fingerprint density at radius 2 is 1.26 bits per heavy atom. The number of rotatable bonds is 0. The van der Waals surface area contributed by atoms with Gasteiger partial charge < -0.3 is 23.7 Å². The molecule has 6 aliphatic heterocycles. The Balaban J connectivity index is 0.0000000864. The third kappa shape index (κ3) is 5.04. The van der Waals surface area contributed by atoms with Gasteiger partial charge in [-0.05, 0) is 100 Å². The van der Waals surface area contributed by atoms with Gasteiger partial charge in [0.05, 0.1) is 30.8 Å². The zero-order valence-electron chi connectivity index (χ0n) is 24.6. The molecule has 0 aromatic rings. The van der Waals surface area contributed by atoms with Crippen LogP contribution in [-0.2, 0) is 47.7 Å². The van der Waals surface area contributed by atoms with E-state index in [9.17, 15) is 24.0 Å². The van der Waals surface area contributed by atoms with Gasteiger partial charge in [0, 0.05) is 11.8 Å². The molecule has 0 aromatic heterocycles. The van der Waals surface area contributed by atoms with Gasteiger partial charge in [-0.2, -0.15) is 0 Å². The molecule has 6 saturated heterocycles. The van der Waals surface area contributed by atoms with E-state index in [2.05, 4.69) is 4.74 Å². The smallest absolute Gasteiger partial charge is 0.313 e. The van der Waals surface area contributed by atoms with Crippen LogP contribution in [0.4, 0.5) is 0 Å². The van der Waals surface area contributed by atoms with E-state index in [-0.39, 0.29) is 66.9 Å². The zero-order valence-corrected chi connectivity index (χ0v) is 24.6. The molecule has 0 spiro atoms.